The van der Waals surface area contributed by atoms with Crippen molar-refractivity contribution >= 4 is 21.7 Å². The monoisotopic (exact) mass is 564 g/mol. The molecular formula is C38H24N6. The molecule has 6 nitrogen and oxygen atoms in total. The van der Waals surface area contributed by atoms with Crippen LogP contribution in [0.25, 0.3) is 78.5 Å². The van der Waals surface area contributed by atoms with Crippen molar-refractivity contribution in [1.82, 2.24) is 29.9 Å². The molecule has 0 aliphatic rings. The van der Waals surface area contributed by atoms with E-state index < -0.39 is 0 Å². The molecule has 206 valence electrons. The van der Waals surface area contributed by atoms with Crippen molar-refractivity contribution in [3.05, 3.63) is 146 Å². The molecule has 0 unspecified atom stereocenters. The predicted octanol–water partition coefficient (Wildman–Crippen LogP) is 8.70. The molecule has 4 aromatic carbocycles. The molecule has 4 heterocycles. The van der Waals surface area contributed by atoms with E-state index in [4.69, 9.17) is 29.9 Å². The van der Waals surface area contributed by atoms with E-state index in [1.54, 1.807) is 0 Å². The fourth-order valence-corrected chi connectivity index (χ4v) is 5.42. The van der Waals surface area contributed by atoms with Gasteiger partial charge in [-0.25, -0.2) is 19.9 Å². The summed E-state index contributed by atoms with van der Waals surface area (Å²) in [4.78, 5) is 28.9. The lowest BCUT2D eigenvalue weighted by Crippen LogP contribution is -2.01. The van der Waals surface area contributed by atoms with Crippen molar-refractivity contribution in [2.75, 3.05) is 0 Å². The minimum absolute atomic E-state index is 0.520. The van der Waals surface area contributed by atoms with Crippen molar-refractivity contribution in [2.45, 2.75) is 0 Å². The Hall–Kier alpha value is -6.14. The first-order valence-electron chi connectivity index (χ1n) is 14.4. The summed E-state index contributed by atoms with van der Waals surface area (Å²) in [6.45, 7) is 0. The molecule has 0 radical (unpaired) electrons. The van der Waals surface area contributed by atoms with Crippen LogP contribution in [0.2, 0.25) is 0 Å². The second-order valence-electron chi connectivity index (χ2n) is 10.4. The SMILES string of the molecule is c1ccc(-c2nc(-c3ccccc3)nc(-c3ccc(-c4ccc(-c5nc6ccccc6c6ccccc56)nc4)cn3)n2)cc1. The average molecular weight is 565 g/mol. The van der Waals surface area contributed by atoms with Crippen LogP contribution < -0.4 is 0 Å². The van der Waals surface area contributed by atoms with Crippen LogP contribution in [0.1, 0.15) is 0 Å². The lowest BCUT2D eigenvalue weighted by atomic mass is 10.0. The Morgan fingerprint density at radius 2 is 0.818 bits per heavy atom. The zero-order chi connectivity index (χ0) is 29.3. The molecule has 0 bridgehead atoms. The summed E-state index contributed by atoms with van der Waals surface area (Å²) >= 11 is 0. The molecule has 0 N–H and O–H groups in total. The van der Waals surface area contributed by atoms with Crippen LogP contribution >= 0.6 is 0 Å². The molecule has 6 heteroatoms. The molecule has 44 heavy (non-hydrogen) atoms. The van der Waals surface area contributed by atoms with Gasteiger partial charge in [-0.15, -0.1) is 0 Å². The third-order valence-corrected chi connectivity index (χ3v) is 7.64. The van der Waals surface area contributed by atoms with E-state index in [2.05, 4.69) is 30.3 Å². The van der Waals surface area contributed by atoms with Gasteiger partial charge in [-0.1, -0.05) is 115 Å². The van der Waals surface area contributed by atoms with Crippen LogP contribution in [-0.4, -0.2) is 29.9 Å². The molecule has 8 rings (SSSR count). The molecule has 0 saturated carbocycles. The van der Waals surface area contributed by atoms with Gasteiger partial charge in [0.25, 0.3) is 0 Å². The summed E-state index contributed by atoms with van der Waals surface area (Å²) in [7, 11) is 0. The quantitative estimate of drug-likeness (QED) is 0.195. The van der Waals surface area contributed by atoms with E-state index in [0.29, 0.717) is 23.2 Å². The van der Waals surface area contributed by atoms with Crippen LogP contribution in [0.5, 0.6) is 0 Å². The van der Waals surface area contributed by atoms with E-state index in [1.165, 1.54) is 5.39 Å². The van der Waals surface area contributed by atoms with Crippen molar-refractivity contribution in [3.63, 3.8) is 0 Å². The van der Waals surface area contributed by atoms with Gasteiger partial charge in [0, 0.05) is 45.4 Å². The molecule has 0 aliphatic heterocycles. The maximum Gasteiger partial charge on any atom is 0.182 e. The largest absolute Gasteiger partial charge is 0.254 e. The van der Waals surface area contributed by atoms with Crippen molar-refractivity contribution < 1.29 is 0 Å². The first-order valence-corrected chi connectivity index (χ1v) is 14.4. The van der Waals surface area contributed by atoms with Gasteiger partial charge < -0.3 is 0 Å². The lowest BCUT2D eigenvalue weighted by molar-refractivity contribution is 1.06. The molecule has 0 fully saturated rings. The van der Waals surface area contributed by atoms with E-state index in [9.17, 15) is 0 Å². The highest BCUT2D eigenvalue weighted by Crippen LogP contribution is 2.32. The molecule has 8 aromatic rings. The number of pyridine rings is 3. The topological polar surface area (TPSA) is 77.3 Å². The second-order valence-corrected chi connectivity index (χ2v) is 10.4. The van der Waals surface area contributed by atoms with Gasteiger partial charge >= 0.3 is 0 Å². The van der Waals surface area contributed by atoms with Crippen molar-refractivity contribution in [1.29, 1.82) is 0 Å². The zero-order valence-corrected chi connectivity index (χ0v) is 23.5. The average Bonchev–Trinajstić information content (AvgIpc) is 3.12. The van der Waals surface area contributed by atoms with E-state index in [1.807, 2.05) is 116 Å². The Balaban J connectivity index is 1.14. The summed E-state index contributed by atoms with van der Waals surface area (Å²) < 4.78 is 0. The Kier molecular flexibility index (Phi) is 6.35. The Bertz CT molecular complexity index is 2190. The first-order chi connectivity index (χ1) is 21.8. The standard InChI is InChI=1S/C38H24N6/c1-3-11-25(12-4-1)36-42-37(26-13-5-2-6-14-26)44-38(43-36)34-22-20-28(24-40-34)27-19-21-33(39-23-27)35-31-17-8-7-15-29(31)30-16-9-10-18-32(30)41-35/h1-24H. The smallest absolute Gasteiger partial charge is 0.182 e. The number of nitrogens with zero attached hydrogens (tertiary/aromatic N) is 6. The van der Waals surface area contributed by atoms with E-state index in [0.717, 1.165) is 49.9 Å². The van der Waals surface area contributed by atoms with Crippen LogP contribution in [0.3, 0.4) is 0 Å². The number of rotatable bonds is 5. The molecule has 0 amide bonds. The zero-order valence-electron chi connectivity index (χ0n) is 23.5. The van der Waals surface area contributed by atoms with Crippen LogP contribution in [0.15, 0.2) is 146 Å². The van der Waals surface area contributed by atoms with Gasteiger partial charge in [-0.3, -0.25) is 9.97 Å². The number of para-hydroxylation sites is 1. The molecular weight excluding hydrogens is 540 g/mol. The summed E-state index contributed by atoms with van der Waals surface area (Å²) in [6.07, 6.45) is 3.71. The fraction of sp³-hybridized carbons (Fsp3) is 0. The Labute approximate surface area is 253 Å². The van der Waals surface area contributed by atoms with Crippen LogP contribution in [-0.2, 0) is 0 Å². The molecule has 0 spiro atoms. The number of hydrogen-bond donors (Lipinski definition) is 0. The van der Waals surface area contributed by atoms with E-state index >= 15 is 0 Å². The Morgan fingerprint density at radius 1 is 0.318 bits per heavy atom. The minimum Gasteiger partial charge on any atom is -0.254 e. The summed E-state index contributed by atoms with van der Waals surface area (Å²) in [6, 6.07) is 44.5. The number of aromatic nitrogens is 6. The maximum atomic E-state index is 4.99. The summed E-state index contributed by atoms with van der Waals surface area (Å²) in [5, 5.41) is 3.39. The van der Waals surface area contributed by atoms with Gasteiger partial charge in [0.15, 0.2) is 17.5 Å². The van der Waals surface area contributed by atoms with Crippen molar-refractivity contribution in [3.8, 4) is 56.8 Å². The first kappa shape index (κ1) is 25.6. The minimum atomic E-state index is 0.520. The lowest BCUT2D eigenvalue weighted by Gasteiger charge is -2.10. The van der Waals surface area contributed by atoms with Gasteiger partial charge in [0.1, 0.15) is 5.69 Å². The van der Waals surface area contributed by atoms with Gasteiger partial charge in [-0.05, 0) is 23.6 Å². The second kappa shape index (κ2) is 10.9. The number of hydrogen-bond acceptors (Lipinski definition) is 6. The fourth-order valence-electron chi connectivity index (χ4n) is 5.42. The molecule has 0 saturated heterocycles. The van der Waals surface area contributed by atoms with Crippen LogP contribution in [0, 0.1) is 0 Å². The molecule has 0 atom stereocenters. The van der Waals surface area contributed by atoms with Crippen LogP contribution in [0.4, 0.5) is 0 Å². The van der Waals surface area contributed by atoms with Gasteiger partial charge in [-0.2, -0.15) is 0 Å². The number of fused-ring (bicyclic) bond motifs is 3. The molecule has 4 aromatic heterocycles. The highest BCUT2D eigenvalue weighted by Gasteiger charge is 2.14. The number of benzene rings is 4. The van der Waals surface area contributed by atoms with Gasteiger partial charge in [0.2, 0.25) is 0 Å². The third kappa shape index (κ3) is 4.74. The van der Waals surface area contributed by atoms with Crippen molar-refractivity contribution in [2.24, 2.45) is 0 Å². The highest BCUT2D eigenvalue weighted by atomic mass is 15.0. The van der Waals surface area contributed by atoms with Gasteiger partial charge in [0.05, 0.1) is 16.9 Å². The predicted molar refractivity (Wildman–Crippen MR) is 175 cm³/mol. The Morgan fingerprint density at radius 3 is 1.41 bits per heavy atom. The maximum absolute atomic E-state index is 4.99. The normalized spacial score (nSPS) is 11.2. The van der Waals surface area contributed by atoms with E-state index in [-0.39, 0.29) is 0 Å². The summed E-state index contributed by atoms with van der Waals surface area (Å²) in [5.74, 6) is 1.73. The highest BCUT2D eigenvalue weighted by molar-refractivity contribution is 6.10. The molecule has 0 aliphatic carbocycles. The third-order valence-electron chi connectivity index (χ3n) is 7.64. The summed E-state index contributed by atoms with van der Waals surface area (Å²) in [5.41, 5.74) is 7.07.